The van der Waals surface area contributed by atoms with Gasteiger partial charge in [0.05, 0.1) is 4.92 Å². The first-order valence-corrected chi connectivity index (χ1v) is 8.52. The number of benzene rings is 2. The summed E-state index contributed by atoms with van der Waals surface area (Å²) in [7, 11) is 3.49. The van der Waals surface area contributed by atoms with Crippen LogP contribution in [0, 0.1) is 10.1 Å². The number of hydrogen-bond donors (Lipinski definition) is 0. The maximum atomic E-state index is 12.8. The summed E-state index contributed by atoms with van der Waals surface area (Å²) in [6.07, 6.45) is 0. The highest BCUT2D eigenvalue weighted by Gasteiger charge is 2.25. The minimum atomic E-state index is -0.445. The molecule has 1 saturated heterocycles. The van der Waals surface area contributed by atoms with E-state index in [4.69, 9.17) is 0 Å². The first-order chi connectivity index (χ1) is 12.5. The molecule has 1 aliphatic rings. The third-order valence-corrected chi connectivity index (χ3v) is 4.59. The van der Waals surface area contributed by atoms with Gasteiger partial charge in [0.2, 0.25) is 0 Å². The standard InChI is InChI=1S/C19H22N4O3/c1-20(2)17-9-8-15(14-18(17)23(25)26)19(24)22-12-10-21(11-13-22)16-6-4-3-5-7-16/h3-9,14H,10-13H2,1-2H3. The predicted molar refractivity (Wildman–Crippen MR) is 102 cm³/mol. The van der Waals surface area contributed by atoms with Crippen LogP contribution in [0.15, 0.2) is 48.5 Å². The Bertz CT molecular complexity index is 800. The molecule has 3 rings (SSSR count). The third-order valence-electron chi connectivity index (χ3n) is 4.59. The van der Waals surface area contributed by atoms with Crippen LogP contribution in [0.4, 0.5) is 17.1 Å². The summed E-state index contributed by atoms with van der Waals surface area (Å²) in [6, 6.07) is 14.8. The van der Waals surface area contributed by atoms with Gasteiger partial charge in [0, 0.05) is 57.6 Å². The number of para-hydroxylation sites is 1. The Kier molecular flexibility index (Phi) is 5.06. The molecule has 0 N–H and O–H groups in total. The highest BCUT2D eigenvalue weighted by Crippen LogP contribution is 2.28. The zero-order chi connectivity index (χ0) is 18.7. The molecule has 26 heavy (non-hydrogen) atoms. The van der Waals surface area contributed by atoms with Crippen molar-refractivity contribution in [3.8, 4) is 0 Å². The zero-order valence-electron chi connectivity index (χ0n) is 15.0. The van der Waals surface area contributed by atoms with E-state index in [2.05, 4.69) is 17.0 Å². The Morgan fingerprint density at radius 2 is 1.69 bits per heavy atom. The summed E-state index contributed by atoms with van der Waals surface area (Å²) in [5.74, 6) is -0.161. The van der Waals surface area contributed by atoms with Crippen molar-refractivity contribution in [2.45, 2.75) is 0 Å². The Balaban J connectivity index is 1.72. The molecule has 0 bridgehead atoms. The molecule has 0 atom stereocenters. The van der Waals surface area contributed by atoms with E-state index in [0.29, 0.717) is 24.3 Å². The van der Waals surface area contributed by atoms with Gasteiger partial charge in [-0.05, 0) is 24.3 Å². The predicted octanol–water partition coefficient (Wildman–Crippen LogP) is 2.62. The lowest BCUT2D eigenvalue weighted by molar-refractivity contribution is -0.384. The fraction of sp³-hybridized carbons (Fsp3) is 0.316. The Labute approximate surface area is 152 Å². The van der Waals surface area contributed by atoms with Gasteiger partial charge in [0.25, 0.3) is 11.6 Å². The number of carbonyl (C=O) groups is 1. The maximum absolute atomic E-state index is 12.8. The number of nitrogens with zero attached hydrogens (tertiary/aromatic N) is 4. The number of amides is 1. The largest absolute Gasteiger partial charge is 0.372 e. The smallest absolute Gasteiger partial charge is 0.293 e. The van der Waals surface area contributed by atoms with Crippen LogP contribution in [0.1, 0.15) is 10.4 Å². The van der Waals surface area contributed by atoms with Gasteiger partial charge in [0.1, 0.15) is 5.69 Å². The first kappa shape index (κ1) is 17.7. The van der Waals surface area contributed by atoms with E-state index >= 15 is 0 Å². The molecule has 0 aromatic heterocycles. The molecule has 0 unspecified atom stereocenters. The number of rotatable bonds is 4. The number of piperazine rings is 1. The van der Waals surface area contributed by atoms with Gasteiger partial charge >= 0.3 is 0 Å². The van der Waals surface area contributed by atoms with Crippen LogP contribution < -0.4 is 9.80 Å². The highest BCUT2D eigenvalue weighted by atomic mass is 16.6. The van der Waals surface area contributed by atoms with Gasteiger partial charge < -0.3 is 14.7 Å². The molecule has 1 amide bonds. The molecule has 0 aliphatic carbocycles. The Morgan fingerprint density at radius 3 is 2.27 bits per heavy atom. The number of hydrogen-bond acceptors (Lipinski definition) is 5. The molecule has 7 nitrogen and oxygen atoms in total. The molecule has 1 heterocycles. The van der Waals surface area contributed by atoms with Crippen molar-refractivity contribution in [2.75, 3.05) is 50.1 Å². The van der Waals surface area contributed by atoms with Crippen molar-refractivity contribution in [2.24, 2.45) is 0 Å². The summed E-state index contributed by atoms with van der Waals surface area (Å²) in [4.78, 5) is 29.3. The van der Waals surface area contributed by atoms with Crippen molar-refractivity contribution in [1.82, 2.24) is 4.90 Å². The molecule has 2 aromatic rings. The summed E-state index contributed by atoms with van der Waals surface area (Å²) in [6.45, 7) is 2.68. The molecule has 0 spiro atoms. The number of nitro benzene ring substituents is 1. The van der Waals surface area contributed by atoms with Crippen LogP contribution in [0.2, 0.25) is 0 Å². The zero-order valence-corrected chi connectivity index (χ0v) is 15.0. The van der Waals surface area contributed by atoms with Crippen molar-refractivity contribution >= 4 is 23.0 Å². The molecular weight excluding hydrogens is 332 g/mol. The molecule has 7 heteroatoms. The highest BCUT2D eigenvalue weighted by molar-refractivity contribution is 5.96. The van der Waals surface area contributed by atoms with E-state index in [1.807, 2.05) is 18.2 Å². The SMILES string of the molecule is CN(C)c1ccc(C(=O)N2CCN(c3ccccc3)CC2)cc1[N+](=O)[O-]. The average molecular weight is 354 g/mol. The van der Waals surface area contributed by atoms with Crippen molar-refractivity contribution in [1.29, 1.82) is 0 Å². The second kappa shape index (κ2) is 7.43. The van der Waals surface area contributed by atoms with E-state index in [9.17, 15) is 14.9 Å². The number of nitro groups is 1. The molecular formula is C19H22N4O3. The van der Waals surface area contributed by atoms with E-state index < -0.39 is 4.92 Å². The van der Waals surface area contributed by atoms with Gasteiger partial charge in [-0.1, -0.05) is 18.2 Å². The minimum Gasteiger partial charge on any atom is -0.372 e. The molecule has 1 fully saturated rings. The summed E-state index contributed by atoms with van der Waals surface area (Å²) in [5, 5.41) is 11.3. The molecule has 136 valence electrons. The van der Waals surface area contributed by atoms with Gasteiger partial charge in [0.15, 0.2) is 0 Å². The quantitative estimate of drug-likeness (QED) is 0.624. The van der Waals surface area contributed by atoms with E-state index in [1.165, 1.54) is 6.07 Å². The van der Waals surface area contributed by atoms with Gasteiger partial charge in [-0.15, -0.1) is 0 Å². The van der Waals surface area contributed by atoms with Gasteiger partial charge in [-0.2, -0.15) is 0 Å². The number of anilines is 2. The lowest BCUT2D eigenvalue weighted by atomic mass is 10.1. The van der Waals surface area contributed by atoms with Crippen molar-refractivity contribution in [3.05, 3.63) is 64.2 Å². The normalized spacial score (nSPS) is 14.2. The van der Waals surface area contributed by atoms with Crippen LogP contribution in [-0.2, 0) is 0 Å². The maximum Gasteiger partial charge on any atom is 0.293 e. The summed E-state index contributed by atoms with van der Waals surface area (Å²) in [5.41, 5.74) is 1.94. The Hall–Kier alpha value is -3.09. The third kappa shape index (κ3) is 3.61. The lowest BCUT2D eigenvalue weighted by Gasteiger charge is -2.36. The number of carbonyl (C=O) groups excluding carboxylic acids is 1. The fourth-order valence-electron chi connectivity index (χ4n) is 3.17. The van der Waals surface area contributed by atoms with Crippen molar-refractivity contribution in [3.63, 3.8) is 0 Å². The topological polar surface area (TPSA) is 69.9 Å². The molecule has 0 saturated carbocycles. The first-order valence-electron chi connectivity index (χ1n) is 8.52. The average Bonchev–Trinajstić information content (AvgIpc) is 2.67. The van der Waals surface area contributed by atoms with Crippen LogP contribution in [0.25, 0.3) is 0 Å². The van der Waals surface area contributed by atoms with Crippen LogP contribution >= 0.6 is 0 Å². The van der Waals surface area contributed by atoms with Gasteiger partial charge in [-0.25, -0.2) is 0 Å². The van der Waals surface area contributed by atoms with Crippen molar-refractivity contribution < 1.29 is 9.72 Å². The lowest BCUT2D eigenvalue weighted by Crippen LogP contribution is -2.48. The minimum absolute atomic E-state index is 0.0521. The van der Waals surface area contributed by atoms with E-state index in [1.54, 1.807) is 36.0 Å². The summed E-state index contributed by atoms with van der Waals surface area (Å²) >= 11 is 0. The Morgan fingerprint density at radius 1 is 1.04 bits per heavy atom. The second-order valence-electron chi connectivity index (χ2n) is 6.47. The van der Waals surface area contributed by atoms with Crippen LogP contribution in [0.3, 0.4) is 0 Å². The van der Waals surface area contributed by atoms with Crippen LogP contribution in [0.5, 0.6) is 0 Å². The van der Waals surface area contributed by atoms with Crippen LogP contribution in [-0.4, -0.2) is 56.0 Å². The summed E-state index contributed by atoms with van der Waals surface area (Å²) < 4.78 is 0. The second-order valence-corrected chi connectivity index (χ2v) is 6.47. The van der Waals surface area contributed by atoms with Gasteiger partial charge in [-0.3, -0.25) is 14.9 Å². The fourth-order valence-corrected chi connectivity index (χ4v) is 3.17. The molecule has 2 aromatic carbocycles. The molecule has 0 radical (unpaired) electrons. The molecule has 1 aliphatic heterocycles. The van der Waals surface area contributed by atoms with E-state index in [-0.39, 0.29) is 11.6 Å². The monoisotopic (exact) mass is 354 g/mol. The van der Waals surface area contributed by atoms with E-state index in [0.717, 1.165) is 18.8 Å².